The summed E-state index contributed by atoms with van der Waals surface area (Å²) < 4.78 is 14.8. The molecule has 0 bridgehead atoms. The average molecular weight is 672 g/mol. The van der Waals surface area contributed by atoms with Crippen LogP contribution in [0, 0.1) is 11.3 Å². The molecule has 6 rings (SSSR count). The molecule has 0 radical (unpaired) electrons. The lowest BCUT2D eigenvalue weighted by atomic mass is 9.49. The lowest BCUT2D eigenvalue weighted by Crippen LogP contribution is -2.50. The zero-order chi connectivity index (χ0) is 32.1. The quantitative estimate of drug-likeness (QED) is 0.184. The Balaban J connectivity index is 1.35. The van der Waals surface area contributed by atoms with Gasteiger partial charge in [-0.1, -0.05) is 80.4 Å². The van der Waals surface area contributed by atoms with Crippen molar-refractivity contribution in [2.75, 3.05) is 6.61 Å². The Morgan fingerprint density at radius 2 is 1.87 bits per heavy atom. The van der Waals surface area contributed by atoms with Gasteiger partial charge in [-0.3, -0.25) is 0 Å². The Hall–Kier alpha value is -3.12. The number of nitrogens with zero attached hydrogens (tertiary/aromatic N) is 2. The lowest BCUT2D eigenvalue weighted by molar-refractivity contribution is -0.157. The van der Waals surface area contributed by atoms with Crippen molar-refractivity contribution in [3.05, 3.63) is 81.8 Å². The Morgan fingerprint density at radius 3 is 2.62 bits per heavy atom. The molecular weight excluding hydrogens is 624 g/mol. The summed E-state index contributed by atoms with van der Waals surface area (Å²) in [6, 6.07) is 21.7. The van der Waals surface area contributed by atoms with Gasteiger partial charge in [0.15, 0.2) is 6.61 Å². The van der Waals surface area contributed by atoms with Gasteiger partial charge in [0.1, 0.15) is 17.2 Å². The fourth-order valence-electron chi connectivity index (χ4n) is 8.28. The van der Waals surface area contributed by atoms with E-state index in [-0.39, 0.29) is 23.4 Å². The smallest absolute Gasteiger partial charge is 0.344 e. The minimum atomic E-state index is -0.551. The number of carbonyl (C=O) groups excluding carboxylic acids is 1. The predicted octanol–water partition coefficient (Wildman–Crippen LogP) is 10.0. The zero-order valence-corrected chi connectivity index (χ0v) is 29.5. The number of esters is 1. The highest BCUT2D eigenvalue weighted by molar-refractivity contribution is 9.10. The maximum atomic E-state index is 12.3. The van der Waals surface area contributed by atoms with Gasteiger partial charge in [-0.15, -0.1) is 0 Å². The van der Waals surface area contributed by atoms with Crippen molar-refractivity contribution in [3.8, 4) is 17.1 Å². The van der Waals surface area contributed by atoms with Crippen LogP contribution in [0.1, 0.15) is 96.8 Å². The van der Waals surface area contributed by atoms with E-state index in [9.17, 15) is 4.79 Å². The minimum Gasteiger partial charge on any atom is -0.482 e. The predicted molar refractivity (Wildman–Crippen MR) is 186 cm³/mol. The summed E-state index contributed by atoms with van der Waals surface area (Å²) in [6.07, 6.45) is 6.01. The number of ether oxygens (including phenoxy) is 2. The summed E-state index contributed by atoms with van der Waals surface area (Å²) in [4.78, 5) is 17.5. The van der Waals surface area contributed by atoms with Crippen LogP contribution in [0.5, 0.6) is 5.75 Å². The highest BCUT2D eigenvalue weighted by Gasteiger charge is 2.52. The van der Waals surface area contributed by atoms with Crippen LogP contribution < -0.4 is 4.74 Å². The summed E-state index contributed by atoms with van der Waals surface area (Å²) in [6.45, 7) is 16.0. The van der Waals surface area contributed by atoms with Gasteiger partial charge in [0.05, 0.1) is 11.0 Å². The molecule has 2 aliphatic rings. The molecule has 0 saturated heterocycles. The van der Waals surface area contributed by atoms with Crippen molar-refractivity contribution in [2.45, 2.75) is 104 Å². The van der Waals surface area contributed by atoms with Gasteiger partial charge in [0.2, 0.25) is 0 Å². The van der Waals surface area contributed by atoms with Gasteiger partial charge in [-0.2, -0.15) is 0 Å². The molecule has 3 aromatic carbocycles. The van der Waals surface area contributed by atoms with E-state index in [0.29, 0.717) is 17.6 Å². The minimum absolute atomic E-state index is 0.0989. The number of hydrogen-bond donors (Lipinski definition) is 0. The number of rotatable bonds is 7. The first-order valence-electron chi connectivity index (χ1n) is 16.5. The van der Waals surface area contributed by atoms with E-state index in [1.807, 2.05) is 39.0 Å². The maximum absolute atomic E-state index is 12.3. The topological polar surface area (TPSA) is 53.4 Å². The van der Waals surface area contributed by atoms with E-state index in [1.165, 1.54) is 31.2 Å². The molecule has 0 N–H and O–H groups in total. The number of fused-ring (bicyclic) bond motifs is 4. The van der Waals surface area contributed by atoms with Gasteiger partial charge in [0.25, 0.3) is 0 Å². The first kappa shape index (κ1) is 31.8. The summed E-state index contributed by atoms with van der Waals surface area (Å²) in [7, 11) is 0. The zero-order valence-electron chi connectivity index (χ0n) is 27.9. The van der Waals surface area contributed by atoms with E-state index < -0.39 is 5.60 Å². The van der Waals surface area contributed by atoms with E-state index in [2.05, 4.69) is 90.7 Å². The van der Waals surface area contributed by atoms with Crippen molar-refractivity contribution < 1.29 is 14.3 Å². The molecule has 238 valence electrons. The van der Waals surface area contributed by atoms with Crippen LogP contribution >= 0.6 is 15.9 Å². The van der Waals surface area contributed by atoms with Crippen LogP contribution in [-0.4, -0.2) is 27.7 Å². The Bertz CT molecular complexity index is 1730. The fraction of sp³-hybridized carbons (Fsp3) is 0.487. The summed E-state index contributed by atoms with van der Waals surface area (Å²) in [5.74, 6) is 2.29. The molecule has 1 heterocycles. The number of carbonyl (C=O) groups is 1. The van der Waals surface area contributed by atoms with Crippen molar-refractivity contribution in [2.24, 2.45) is 11.3 Å². The van der Waals surface area contributed by atoms with Crippen LogP contribution in [0.15, 0.2) is 65.1 Å². The fourth-order valence-corrected chi connectivity index (χ4v) is 8.62. The third kappa shape index (κ3) is 6.32. The second-order valence-corrected chi connectivity index (χ2v) is 16.1. The summed E-state index contributed by atoms with van der Waals surface area (Å²) >= 11 is 3.67. The highest BCUT2D eigenvalue weighted by atomic mass is 79.9. The van der Waals surface area contributed by atoms with Crippen molar-refractivity contribution in [1.82, 2.24) is 9.55 Å². The number of halogens is 1. The second-order valence-electron chi connectivity index (χ2n) is 15.1. The molecule has 2 aliphatic carbocycles. The van der Waals surface area contributed by atoms with E-state index >= 15 is 0 Å². The molecule has 0 amide bonds. The normalized spacial score (nSPS) is 23.1. The van der Waals surface area contributed by atoms with Gasteiger partial charge >= 0.3 is 5.97 Å². The molecule has 0 unspecified atom stereocenters. The molecule has 0 spiro atoms. The van der Waals surface area contributed by atoms with Crippen LogP contribution in [0.3, 0.4) is 0 Å². The number of hydrogen-bond acceptors (Lipinski definition) is 4. The second kappa shape index (κ2) is 11.9. The molecule has 6 heteroatoms. The van der Waals surface area contributed by atoms with E-state index in [1.54, 1.807) is 11.1 Å². The molecule has 1 fully saturated rings. The maximum Gasteiger partial charge on any atom is 0.344 e. The van der Waals surface area contributed by atoms with E-state index in [0.717, 1.165) is 39.9 Å². The molecule has 1 saturated carbocycles. The Kier molecular flexibility index (Phi) is 8.43. The molecular formula is C39H47BrN2O3. The largest absolute Gasteiger partial charge is 0.482 e. The molecule has 3 atom stereocenters. The first-order chi connectivity index (χ1) is 21.3. The third-order valence-electron chi connectivity index (χ3n) is 10.3. The van der Waals surface area contributed by atoms with Crippen LogP contribution in [0.2, 0.25) is 0 Å². The SMILES string of the molecule is CC(C)c1ccc2c(c1)CC[C@H]1[C@@](C)(Cn3c(-c4cccc(OCC(=O)OC(C)(C)C)c4)nc4cc(Br)ccc43)CCC[C@]21C. The van der Waals surface area contributed by atoms with Crippen molar-refractivity contribution in [1.29, 1.82) is 0 Å². The van der Waals surface area contributed by atoms with Crippen LogP contribution in [0.4, 0.5) is 0 Å². The summed E-state index contributed by atoms with van der Waals surface area (Å²) in [5, 5.41) is 0. The molecule has 0 aliphatic heterocycles. The van der Waals surface area contributed by atoms with Gasteiger partial charge in [-0.05, 0) is 116 Å². The van der Waals surface area contributed by atoms with Gasteiger partial charge < -0.3 is 14.0 Å². The van der Waals surface area contributed by atoms with Crippen molar-refractivity contribution in [3.63, 3.8) is 0 Å². The van der Waals surface area contributed by atoms with E-state index in [4.69, 9.17) is 14.5 Å². The van der Waals surface area contributed by atoms with Gasteiger partial charge in [-0.25, -0.2) is 9.78 Å². The lowest BCUT2D eigenvalue weighted by Gasteiger charge is -2.56. The Labute approximate surface area is 276 Å². The third-order valence-corrected chi connectivity index (χ3v) is 10.8. The molecule has 5 nitrogen and oxygen atoms in total. The van der Waals surface area contributed by atoms with Crippen LogP contribution in [-0.2, 0) is 27.9 Å². The first-order valence-corrected chi connectivity index (χ1v) is 17.3. The molecule has 45 heavy (non-hydrogen) atoms. The number of benzene rings is 3. The number of imidazole rings is 1. The highest BCUT2D eigenvalue weighted by Crippen LogP contribution is 2.58. The van der Waals surface area contributed by atoms with Crippen molar-refractivity contribution >= 4 is 32.9 Å². The number of aromatic nitrogens is 2. The average Bonchev–Trinajstić information content (AvgIpc) is 3.31. The van der Waals surface area contributed by atoms with Gasteiger partial charge in [0, 0.05) is 16.6 Å². The standard InChI is InChI=1S/C39H47BrN2O3/c1-25(2)26-12-15-31-27(20-26)13-17-34-38(6,18-9-19-39(31,34)7)24-42-33-16-14-29(40)22-32(33)41-36(42)28-10-8-11-30(21-28)44-23-35(43)45-37(3,4)5/h8,10-12,14-16,20-22,25,34H,9,13,17-19,23-24H2,1-7H3/t34-,38+,39+/m0/s1. The Morgan fingerprint density at radius 1 is 1.07 bits per heavy atom. The number of aryl methyl sites for hydroxylation is 1. The molecule has 1 aromatic heterocycles. The summed E-state index contributed by atoms with van der Waals surface area (Å²) in [5.41, 5.74) is 7.37. The molecule has 4 aromatic rings. The van der Waals surface area contributed by atoms with Crippen LogP contribution in [0.25, 0.3) is 22.4 Å². The monoisotopic (exact) mass is 670 g/mol.